The van der Waals surface area contributed by atoms with Crippen molar-refractivity contribution in [1.29, 1.82) is 0 Å². The van der Waals surface area contributed by atoms with Crippen molar-refractivity contribution in [2.45, 2.75) is 6.92 Å². The highest BCUT2D eigenvalue weighted by atomic mass is 16.5. The van der Waals surface area contributed by atoms with E-state index in [9.17, 15) is 9.59 Å². The number of nitrogens with one attached hydrogen (secondary N) is 1. The molecular weight excluding hydrogens is 390 g/mol. The minimum Gasteiger partial charge on any atom is -0.465 e. The maximum absolute atomic E-state index is 13.3. The number of nitrogens with zero attached hydrogens (tertiary/aromatic N) is 2. The maximum atomic E-state index is 13.3. The lowest BCUT2D eigenvalue weighted by atomic mass is 10.1. The number of amides is 1. The van der Waals surface area contributed by atoms with E-state index in [1.54, 1.807) is 29.1 Å². The highest BCUT2D eigenvalue weighted by Crippen LogP contribution is 2.26. The lowest BCUT2D eigenvalue weighted by molar-refractivity contribution is 0.0600. The summed E-state index contributed by atoms with van der Waals surface area (Å²) in [5.74, 6) is -0.775. The Morgan fingerprint density at radius 3 is 2.29 bits per heavy atom. The van der Waals surface area contributed by atoms with Crippen LogP contribution < -0.4 is 5.32 Å². The summed E-state index contributed by atoms with van der Waals surface area (Å²) >= 11 is 0. The Morgan fingerprint density at radius 1 is 0.935 bits per heavy atom. The van der Waals surface area contributed by atoms with Gasteiger partial charge >= 0.3 is 5.97 Å². The Morgan fingerprint density at radius 2 is 1.61 bits per heavy atom. The molecule has 0 radical (unpaired) electrons. The number of ether oxygens (including phenoxy) is 1. The molecule has 0 aliphatic carbocycles. The van der Waals surface area contributed by atoms with Gasteiger partial charge in [0.1, 0.15) is 5.69 Å². The summed E-state index contributed by atoms with van der Waals surface area (Å²) in [7, 11) is 1.32. The van der Waals surface area contributed by atoms with E-state index in [1.807, 2.05) is 67.6 Å². The molecule has 0 saturated carbocycles. The number of methoxy groups -OCH3 is 1. The summed E-state index contributed by atoms with van der Waals surface area (Å²) in [5, 5.41) is 7.60. The van der Waals surface area contributed by atoms with Gasteiger partial charge in [0.05, 0.1) is 23.9 Å². The molecule has 154 valence electrons. The smallest absolute Gasteiger partial charge is 0.337 e. The normalized spacial score (nSPS) is 10.5. The van der Waals surface area contributed by atoms with Gasteiger partial charge in [-0.15, -0.1) is 0 Å². The van der Waals surface area contributed by atoms with Crippen molar-refractivity contribution in [1.82, 2.24) is 9.78 Å². The van der Waals surface area contributed by atoms with E-state index in [4.69, 9.17) is 4.74 Å². The number of para-hydroxylation sites is 1. The zero-order chi connectivity index (χ0) is 21.8. The fraction of sp³-hybridized carbons (Fsp3) is 0.0800. The number of benzene rings is 3. The van der Waals surface area contributed by atoms with Gasteiger partial charge in [0, 0.05) is 17.4 Å². The highest BCUT2D eigenvalue weighted by molar-refractivity contribution is 6.08. The van der Waals surface area contributed by atoms with Gasteiger partial charge in [0.25, 0.3) is 5.91 Å². The molecule has 1 amide bonds. The second-order valence-corrected chi connectivity index (χ2v) is 7.01. The van der Waals surface area contributed by atoms with Crippen LogP contribution in [0, 0.1) is 6.92 Å². The topological polar surface area (TPSA) is 73.2 Å². The SMILES string of the molecule is COC(=O)c1ccc(C)c(NC(=O)c2cn(-c3ccccc3)nc2-c2ccccc2)c1. The molecule has 6 heteroatoms. The van der Waals surface area contributed by atoms with Gasteiger partial charge in [-0.25, -0.2) is 9.48 Å². The second-order valence-electron chi connectivity index (χ2n) is 7.01. The van der Waals surface area contributed by atoms with E-state index < -0.39 is 5.97 Å². The summed E-state index contributed by atoms with van der Waals surface area (Å²) in [6.45, 7) is 1.86. The van der Waals surface area contributed by atoms with Crippen molar-refractivity contribution >= 4 is 17.6 Å². The van der Waals surface area contributed by atoms with Gasteiger partial charge in [-0.05, 0) is 36.8 Å². The molecule has 4 rings (SSSR count). The zero-order valence-electron chi connectivity index (χ0n) is 17.2. The predicted octanol–water partition coefficient (Wildman–Crippen LogP) is 4.89. The largest absolute Gasteiger partial charge is 0.465 e. The van der Waals surface area contributed by atoms with Gasteiger partial charge < -0.3 is 10.1 Å². The van der Waals surface area contributed by atoms with Crippen LogP contribution in [0.3, 0.4) is 0 Å². The number of carbonyl (C=O) groups is 2. The van der Waals surface area contributed by atoms with Crippen molar-refractivity contribution in [3.8, 4) is 16.9 Å². The monoisotopic (exact) mass is 411 g/mol. The quantitative estimate of drug-likeness (QED) is 0.475. The van der Waals surface area contributed by atoms with E-state index in [0.717, 1.165) is 16.8 Å². The van der Waals surface area contributed by atoms with Crippen molar-refractivity contribution in [3.63, 3.8) is 0 Å². The van der Waals surface area contributed by atoms with Crippen molar-refractivity contribution in [2.24, 2.45) is 0 Å². The number of hydrogen-bond acceptors (Lipinski definition) is 4. The molecular formula is C25H21N3O3. The van der Waals surface area contributed by atoms with Crippen LogP contribution >= 0.6 is 0 Å². The fourth-order valence-electron chi connectivity index (χ4n) is 3.25. The van der Waals surface area contributed by atoms with Crippen LogP contribution in [0.15, 0.2) is 85.1 Å². The Labute approximate surface area is 180 Å². The van der Waals surface area contributed by atoms with Gasteiger partial charge in [-0.1, -0.05) is 54.6 Å². The molecule has 1 N–H and O–H groups in total. The number of anilines is 1. The van der Waals surface area contributed by atoms with E-state index in [1.165, 1.54) is 7.11 Å². The molecule has 3 aromatic carbocycles. The first-order valence-corrected chi connectivity index (χ1v) is 9.77. The zero-order valence-corrected chi connectivity index (χ0v) is 17.2. The van der Waals surface area contributed by atoms with E-state index in [0.29, 0.717) is 22.5 Å². The summed E-state index contributed by atoms with van der Waals surface area (Å²) in [5.41, 5.74) is 4.43. The lowest BCUT2D eigenvalue weighted by Crippen LogP contribution is -2.14. The van der Waals surface area contributed by atoms with E-state index in [2.05, 4.69) is 10.4 Å². The molecule has 0 aliphatic heterocycles. The van der Waals surface area contributed by atoms with Crippen LogP contribution in [-0.4, -0.2) is 28.8 Å². The van der Waals surface area contributed by atoms with Gasteiger partial charge in [0.2, 0.25) is 0 Å². The molecule has 0 spiro atoms. The minimum absolute atomic E-state index is 0.314. The van der Waals surface area contributed by atoms with Crippen LogP contribution in [0.2, 0.25) is 0 Å². The molecule has 1 aromatic heterocycles. The van der Waals surface area contributed by atoms with Crippen molar-refractivity contribution < 1.29 is 14.3 Å². The molecule has 0 unspecified atom stereocenters. The Bertz CT molecular complexity index is 1230. The standard InChI is InChI=1S/C25H21N3O3/c1-17-13-14-19(25(30)31-2)15-22(17)26-24(29)21-16-28(20-11-7-4-8-12-20)27-23(21)18-9-5-3-6-10-18/h3-16H,1-2H3,(H,26,29). The molecule has 6 nitrogen and oxygen atoms in total. The highest BCUT2D eigenvalue weighted by Gasteiger charge is 2.20. The average molecular weight is 411 g/mol. The number of esters is 1. The third-order valence-corrected chi connectivity index (χ3v) is 4.93. The minimum atomic E-state index is -0.461. The maximum Gasteiger partial charge on any atom is 0.337 e. The molecule has 0 bridgehead atoms. The lowest BCUT2D eigenvalue weighted by Gasteiger charge is -2.10. The number of aryl methyl sites for hydroxylation is 1. The first-order chi connectivity index (χ1) is 15.1. The molecule has 0 atom stereocenters. The van der Waals surface area contributed by atoms with Crippen LogP contribution in [-0.2, 0) is 4.74 Å². The van der Waals surface area contributed by atoms with Crippen molar-refractivity contribution in [2.75, 3.05) is 12.4 Å². The van der Waals surface area contributed by atoms with E-state index in [-0.39, 0.29) is 5.91 Å². The predicted molar refractivity (Wildman–Crippen MR) is 119 cm³/mol. The molecule has 0 aliphatic rings. The van der Waals surface area contributed by atoms with Gasteiger partial charge in [0.15, 0.2) is 0 Å². The van der Waals surface area contributed by atoms with Crippen molar-refractivity contribution in [3.05, 3.63) is 102 Å². The molecule has 1 heterocycles. The fourth-order valence-corrected chi connectivity index (χ4v) is 3.25. The van der Waals surface area contributed by atoms with Gasteiger partial charge in [-0.3, -0.25) is 4.79 Å². The Balaban J connectivity index is 1.74. The van der Waals surface area contributed by atoms with Gasteiger partial charge in [-0.2, -0.15) is 5.10 Å². The average Bonchev–Trinajstić information content (AvgIpc) is 3.27. The Hall–Kier alpha value is -4.19. The number of hydrogen-bond donors (Lipinski definition) is 1. The number of rotatable bonds is 5. The second kappa shape index (κ2) is 8.67. The van der Waals surface area contributed by atoms with Crippen LogP contribution in [0.1, 0.15) is 26.3 Å². The first kappa shape index (κ1) is 20.1. The summed E-state index contributed by atoms with van der Waals surface area (Å²) in [6, 6.07) is 24.2. The molecule has 31 heavy (non-hydrogen) atoms. The van der Waals surface area contributed by atoms with Crippen LogP contribution in [0.4, 0.5) is 5.69 Å². The number of carbonyl (C=O) groups excluding carboxylic acids is 2. The molecule has 0 fully saturated rings. The van der Waals surface area contributed by atoms with Crippen LogP contribution in [0.25, 0.3) is 16.9 Å². The van der Waals surface area contributed by atoms with Crippen LogP contribution in [0.5, 0.6) is 0 Å². The number of aromatic nitrogens is 2. The third-order valence-electron chi connectivity index (χ3n) is 4.93. The summed E-state index contributed by atoms with van der Waals surface area (Å²) in [4.78, 5) is 25.2. The first-order valence-electron chi connectivity index (χ1n) is 9.77. The molecule has 0 saturated heterocycles. The summed E-state index contributed by atoms with van der Waals surface area (Å²) < 4.78 is 6.47. The Kier molecular flexibility index (Phi) is 5.62. The molecule has 4 aromatic rings. The summed E-state index contributed by atoms with van der Waals surface area (Å²) in [6.07, 6.45) is 1.71. The van der Waals surface area contributed by atoms with E-state index >= 15 is 0 Å². The third kappa shape index (κ3) is 4.23.